The van der Waals surface area contributed by atoms with Gasteiger partial charge in [-0.3, -0.25) is 0 Å². The SMILES string of the molecule is NC(Cc1ccccc1)C(O)CSc1ccccn1. The van der Waals surface area contributed by atoms with Gasteiger partial charge in [0.25, 0.3) is 0 Å². The molecule has 19 heavy (non-hydrogen) atoms. The van der Waals surface area contributed by atoms with Gasteiger partial charge in [0.05, 0.1) is 11.1 Å². The van der Waals surface area contributed by atoms with Crippen molar-refractivity contribution in [1.29, 1.82) is 0 Å². The number of hydrogen-bond acceptors (Lipinski definition) is 4. The number of thioether (sulfide) groups is 1. The Kier molecular flexibility index (Phi) is 5.39. The third-order valence-corrected chi connectivity index (χ3v) is 3.89. The summed E-state index contributed by atoms with van der Waals surface area (Å²) in [4.78, 5) is 4.21. The Balaban J connectivity index is 1.81. The summed E-state index contributed by atoms with van der Waals surface area (Å²) in [6.07, 6.45) is 1.90. The molecule has 0 saturated carbocycles. The third-order valence-electron chi connectivity index (χ3n) is 2.85. The summed E-state index contributed by atoms with van der Waals surface area (Å²) in [5.41, 5.74) is 7.18. The highest BCUT2D eigenvalue weighted by Crippen LogP contribution is 2.16. The van der Waals surface area contributed by atoms with Crippen molar-refractivity contribution < 1.29 is 5.11 Å². The summed E-state index contributed by atoms with van der Waals surface area (Å²) in [6, 6.07) is 15.5. The minimum atomic E-state index is -0.535. The van der Waals surface area contributed by atoms with Gasteiger partial charge in [0, 0.05) is 18.0 Å². The van der Waals surface area contributed by atoms with Crippen molar-refractivity contribution in [2.45, 2.75) is 23.6 Å². The number of aliphatic hydroxyl groups excluding tert-OH is 1. The maximum absolute atomic E-state index is 10.1. The first-order chi connectivity index (χ1) is 9.25. The first kappa shape index (κ1) is 14.1. The van der Waals surface area contributed by atoms with E-state index in [1.54, 1.807) is 6.20 Å². The Morgan fingerprint density at radius 2 is 1.84 bits per heavy atom. The zero-order valence-corrected chi connectivity index (χ0v) is 11.5. The van der Waals surface area contributed by atoms with Gasteiger partial charge in [0.1, 0.15) is 0 Å². The highest BCUT2D eigenvalue weighted by molar-refractivity contribution is 7.99. The molecule has 2 atom stereocenters. The second kappa shape index (κ2) is 7.28. The van der Waals surface area contributed by atoms with Crippen LogP contribution in [0.5, 0.6) is 0 Å². The molecule has 0 aliphatic rings. The minimum Gasteiger partial charge on any atom is -0.391 e. The molecule has 0 radical (unpaired) electrons. The molecule has 0 fully saturated rings. The second-order valence-corrected chi connectivity index (χ2v) is 5.44. The van der Waals surface area contributed by atoms with E-state index < -0.39 is 6.10 Å². The van der Waals surface area contributed by atoms with E-state index in [-0.39, 0.29) is 6.04 Å². The third kappa shape index (κ3) is 4.67. The summed E-state index contributed by atoms with van der Waals surface area (Å²) < 4.78 is 0. The number of benzene rings is 1. The Bertz CT molecular complexity index is 478. The number of nitrogens with two attached hydrogens (primary N) is 1. The van der Waals surface area contributed by atoms with Gasteiger partial charge in [-0.1, -0.05) is 36.4 Å². The zero-order chi connectivity index (χ0) is 13.5. The van der Waals surface area contributed by atoms with Gasteiger partial charge in [-0.2, -0.15) is 0 Å². The fraction of sp³-hybridized carbons (Fsp3) is 0.267. The van der Waals surface area contributed by atoms with Crippen molar-refractivity contribution in [1.82, 2.24) is 4.98 Å². The van der Waals surface area contributed by atoms with E-state index in [2.05, 4.69) is 4.98 Å². The fourth-order valence-corrected chi connectivity index (χ4v) is 2.65. The average molecular weight is 274 g/mol. The fourth-order valence-electron chi connectivity index (χ4n) is 1.75. The van der Waals surface area contributed by atoms with E-state index in [0.717, 1.165) is 10.6 Å². The number of hydrogen-bond donors (Lipinski definition) is 2. The Labute approximate surface area is 117 Å². The lowest BCUT2D eigenvalue weighted by Crippen LogP contribution is -2.38. The smallest absolute Gasteiger partial charge is 0.0960 e. The van der Waals surface area contributed by atoms with Gasteiger partial charge in [0.15, 0.2) is 0 Å². The summed E-state index contributed by atoms with van der Waals surface area (Å²) in [5.74, 6) is 0.561. The summed E-state index contributed by atoms with van der Waals surface area (Å²) in [5, 5.41) is 11.0. The van der Waals surface area contributed by atoms with Crippen LogP contribution < -0.4 is 5.73 Å². The molecule has 1 aromatic carbocycles. The van der Waals surface area contributed by atoms with Crippen molar-refractivity contribution >= 4 is 11.8 Å². The summed E-state index contributed by atoms with van der Waals surface area (Å²) >= 11 is 1.53. The Hall–Kier alpha value is -1.36. The number of nitrogens with zero attached hydrogens (tertiary/aromatic N) is 1. The van der Waals surface area contributed by atoms with E-state index in [0.29, 0.717) is 12.2 Å². The van der Waals surface area contributed by atoms with Crippen LogP contribution in [0.4, 0.5) is 0 Å². The molecule has 2 rings (SSSR count). The van der Waals surface area contributed by atoms with Crippen LogP contribution in [0.15, 0.2) is 59.8 Å². The second-order valence-electron chi connectivity index (χ2n) is 4.40. The maximum Gasteiger partial charge on any atom is 0.0960 e. The molecule has 2 aromatic rings. The van der Waals surface area contributed by atoms with Gasteiger partial charge in [-0.15, -0.1) is 11.8 Å². The quantitative estimate of drug-likeness (QED) is 0.792. The number of rotatable bonds is 6. The van der Waals surface area contributed by atoms with E-state index in [1.165, 1.54) is 11.8 Å². The highest BCUT2D eigenvalue weighted by Gasteiger charge is 2.15. The molecule has 1 aromatic heterocycles. The lowest BCUT2D eigenvalue weighted by atomic mass is 10.0. The first-order valence-corrected chi connectivity index (χ1v) is 7.25. The first-order valence-electron chi connectivity index (χ1n) is 6.27. The van der Waals surface area contributed by atoms with E-state index in [9.17, 15) is 5.11 Å². The molecule has 0 saturated heterocycles. The maximum atomic E-state index is 10.1. The van der Waals surface area contributed by atoms with Crippen molar-refractivity contribution in [3.63, 3.8) is 0 Å². The molecular weight excluding hydrogens is 256 g/mol. The van der Waals surface area contributed by atoms with Crippen LogP contribution in [0.1, 0.15) is 5.56 Å². The molecule has 2 unspecified atom stereocenters. The van der Waals surface area contributed by atoms with Crippen LogP contribution in [0.2, 0.25) is 0 Å². The van der Waals surface area contributed by atoms with E-state index >= 15 is 0 Å². The zero-order valence-electron chi connectivity index (χ0n) is 10.6. The van der Waals surface area contributed by atoms with Crippen molar-refractivity contribution in [2.24, 2.45) is 5.73 Å². The van der Waals surface area contributed by atoms with Gasteiger partial charge in [0.2, 0.25) is 0 Å². The van der Waals surface area contributed by atoms with Gasteiger partial charge < -0.3 is 10.8 Å². The molecule has 100 valence electrons. The number of aromatic nitrogens is 1. The molecule has 0 spiro atoms. The van der Waals surface area contributed by atoms with Crippen LogP contribution >= 0.6 is 11.8 Å². The molecule has 1 heterocycles. The van der Waals surface area contributed by atoms with Crippen LogP contribution in [-0.2, 0) is 6.42 Å². The summed E-state index contributed by atoms with van der Waals surface area (Å²) in [6.45, 7) is 0. The Morgan fingerprint density at radius 1 is 1.11 bits per heavy atom. The lowest BCUT2D eigenvalue weighted by molar-refractivity contribution is 0.167. The number of aliphatic hydroxyl groups is 1. The molecule has 0 amide bonds. The lowest BCUT2D eigenvalue weighted by Gasteiger charge is -2.18. The van der Waals surface area contributed by atoms with Crippen molar-refractivity contribution in [3.8, 4) is 0 Å². The molecule has 3 nitrogen and oxygen atoms in total. The van der Waals surface area contributed by atoms with Crippen LogP contribution in [0, 0.1) is 0 Å². The van der Waals surface area contributed by atoms with Gasteiger partial charge >= 0.3 is 0 Å². The van der Waals surface area contributed by atoms with Crippen LogP contribution in [-0.4, -0.2) is 28.0 Å². The standard InChI is InChI=1S/C15H18N2OS/c16-13(10-12-6-2-1-3-7-12)14(18)11-19-15-8-4-5-9-17-15/h1-9,13-14,18H,10-11,16H2. The minimum absolute atomic E-state index is 0.251. The van der Waals surface area contributed by atoms with Crippen molar-refractivity contribution in [3.05, 3.63) is 60.3 Å². The molecular formula is C15H18N2OS. The van der Waals surface area contributed by atoms with Crippen molar-refractivity contribution in [2.75, 3.05) is 5.75 Å². The molecule has 4 heteroatoms. The van der Waals surface area contributed by atoms with Crippen LogP contribution in [0.25, 0.3) is 0 Å². The molecule has 0 bridgehead atoms. The predicted octanol–water partition coefficient (Wildman–Crippen LogP) is 2.10. The largest absolute Gasteiger partial charge is 0.391 e. The predicted molar refractivity (Wildman–Crippen MR) is 79.1 cm³/mol. The average Bonchev–Trinajstić information content (AvgIpc) is 2.47. The molecule has 0 aliphatic heterocycles. The Morgan fingerprint density at radius 3 is 2.53 bits per heavy atom. The molecule has 0 aliphatic carbocycles. The van der Waals surface area contributed by atoms with Gasteiger partial charge in [-0.05, 0) is 24.1 Å². The highest BCUT2D eigenvalue weighted by atomic mass is 32.2. The summed E-state index contributed by atoms with van der Waals surface area (Å²) in [7, 11) is 0. The normalized spacial score (nSPS) is 14.0. The van der Waals surface area contributed by atoms with E-state index in [1.807, 2.05) is 48.5 Å². The van der Waals surface area contributed by atoms with Crippen LogP contribution in [0.3, 0.4) is 0 Å². The topological polar surface area (TPSA) is 59.1 Å². The number of pyridine rings is 1. The van der Waals surface area contributed by atoms with Gasteiger partial charge in [-0.25, -0.2) is 4.98 Å². The molecule has 3 N–H and O–H groups in total. The van der Waals surface area contributed by atoms with E-state index in [4.69, 9.17) is 5.73 Å². The monoisotopic (exact) mass is 274 g/mol.